The topological polar surface area (TPSA) is 55.1 Å². The van der Waals surface area contributed by atoms with Gasteiger partial charge in [-0.3, -0.25) is 4.79 Å². The highest BCUT2D eigenvalue weighted by molar-refractivity contribution is 7.80. The molecule has 1 amide bonds. The van der Waals surface area contributed by atoms with Crippen molar-refractivity contribution in [1.29, 1.82) is 0 Å². The third-order valence-corrected chi connectivity index (χ3v) is 3.57. The average Bonchev–Trinajstić information content (AvgIpc) is 3.10. The molecule has 1 aromatic carbocycles. The molecule has 1 saturated carbocycles. The van der Waals surface area contributed by atoms with Gasteiger partial charge in [0.15, 0.2) is 5.82 Å². The summed E-state index contributed by atoms with van der Waals surface area (Å²) in [4.78, 5) is 12.0. The van der Waals surface area contributed by atoms with Crippen LogP contribution < -0.4 is 11.1 Å². The molecule has 0 spiro atoms. The zero-order valence-electron chi connectivity index (χ0n) is 9.72. The molecule has 1 fully saturated rings. The maximum Gasteiger partial charge on any atom is 0.237 e. The first kappa shape index (κ1) is 12.9. The number of hydrogen-bond acceptors (Lipinski definition) is 2. The number of halogens is 2. The molecule has 0 unspecified atom stereocenters. The molecule has 96 valence electrons. The van der Waals surface area contributed by atoms with E-state index in [1.54, 1.807) is 0 Å². The molecule has 0 heterocycles. The minimum atomic E-state index is -0.933. The average molecular weight is 270 g/mol. The number of carbonyl (C=O) groups is 1. The van der Waals surface area contributed by atoms with Crippen molar-refractivity contribution in [2.24, 2.45) is 11.1 Å². The van der Waals surface area contributed by atoms with Crippen molar-refractivity contribution in [2.45, 2.75) is 19.8 Å². The van der Waals surface area contributed by atoms with Crippen LogP contribution in [-0.4, -0.2) is 10.9 Å². The number of nitrogens with one attached hydrogen (secondary N) is 1. The third-order valence-electron chi connectivity index (χ3n) is 3.18. The Bertz CT molecular complexity index is 541. The van der Waals surface area contributed by atoms with Crippen LogP contribution in [0.3, 0.4) is 0 Å². The number of anilines is 1. The van der Waals surface area contributed by atoms with E-state index in [4.69, 9.17) is 18.0 Å². The van der Waals surface area contributed by atoms with Gasteiger partial charge >= 0.3 is 0 Å². The van der Waals surface area contributed by atoms with E-state index in [1.165, 1.54) is 13.0 Å². The van der Waals surface area contributed by atoms with E-state index in [9.17, 15) is 13.6 Å². The summed E-state index contributed by atoms with van der Waals surface area (Å²) in [7, 11) is 0. The number of carbonyl (C=O) groups excluding carboxylic acids is 1. The summed E-state index contributed by atoms with van der Waals surface area (Å²) in [5.74, 6) is -2.13. The Balaban J connectivity index is 2.28. The first-order valence-corrected chi connectivity index (χ1v) is 5.85. The number of hydrogen-bond donors (Lipinski definition) is 2. The lowest BCUT2D eigenvalue weighted by Gasteiger charge is -2.15. The van der Waals surface area contributed by atoms with Crippen molar-refractivity contribution in [3.8, 4) is 0 Å². The van der Waals surface area contributed by atoms with Crippen LogP contribution in [0.4, 0.5) is 14.5 Å². The highest BCUT2D eigenvalue weighted by atomic mass is 32.1. The number of thiocarbonyl (C=S) groups is 1. The highest BCUT2D eigenvalue weighted by Gasteiger charge is 2.53. The van der Waals surface area contributed by atoms with Crippen molar-refractivity contribution in [3.63, 3.8) is 0 Å². The van der Waals surface area contributed by atoms with Gasteiger partial charge in [0.25, 0.3) is 0 Å². The second-order valence-corrected chi connectivity index (χ2v) is 4.89. The summed E-state index contributed by atoms with van der Waals surface area (Å²) in [5.41, 5.74) is 4.36. The van der Waals surface area contributed by atoms with Crippen molar-refractivity contribution < 1.29 is 13.6 Å². The van der Waals surface area contributed by atoms with E-state index >= 15 is 0 Å². The van der Waals surface area contributed by atoms with E-state index in [-0.39, 0.29) is 10.6 Å². The minimum Gasteiger partial charge on any atom is -0.392 e. The van der Waals surface area contributed by atoms with Crippen LogP contribution in [0.25, 0.3) is 0 Å². The Morgan fingerprint density at radius 2 is 2.06 bits per heavy atom. The summed E-state index contributed by atoms with van der Waals surface area (Å²) in [6.45, 7) is 1.49. The fraction of sp³-hybridized carbons (Fsp3) is 0.333. The van der Waals surface area contributed by atoms with Crippen LogP contribution in [0.5, 0.6) is 0 Å². The molecule has 6 heteroatoms. The molecule has 1 aliphatic carbocycles. The first-order chi connectivity index (χ1) is 8.38. The number of rotatable bonds is 3. The van der Waals surface area contributed by atoms with Gasteiger partial charge in [-0.25, -0.2) is 8.78 Å². The largest absolute Gasteiger partial charge is 0.392 e. The van der Waals surface area contributed by atoms with E-state index in [0.29, 0.717) is 12.8 Å². The quantitative estimate of drug-likeness (QED) is 0.828. The normalized spacial score (nSPS) is 16.2. The lowest BCUT2D eigenvalue weighted by atomic mass is 10.1. The van der Waals surface area contributed by atoms with Gasteiger partial charge in [-0.05, 0) is 31.4 Å². The van der Waals surface area contributed by atoms with Gasteiger partial charge in [0.1, 0.15) is 11.5 Å². The van der Waals surface area contributed by atoms with Crippen LogP contribution >= 0.6 is 12.2 Å². The van der Waals surface area contributed by atoms with Crippen LogP contribution in [0, 0.1) is 24.0 Å². The molecule has 0 aliphatic heterocycles. The fourth-order valence-corrected chi connectivity index (χ4v) is 2.01. The van der Waals surface area contributed by atoms with Crippen LogP contribution in [0.1, 0.15) is 18.4 Å². The van der Waals surface area contributed by atoms with Crippen LogP contribution in [0.15, 0.2) is 12.1 Å². The number of amides is 1. The maximum absolute atomic E-state index is 13.7. The molecule has 0 bridgehead atoms. The number of nitrogens with two attached hydrogens (primary N) is 1. The lowest BCUT2D eigenvalue weighted by Crippen LogP contribution is -2.35. The fourth-order valence-electron chi connectivity index (χ4n) is 1.71. The van der Waals surface area contributed by atoms with Crippen molar-refractivity contribution in [1.82, 2.24) is 0 Å². The van der Waals surface area contributed by atoms with E-state index in [0.717, 1.165) is 6.07 Å². The Kier molecular flexibility index (Phi) is 3.06. The monoisotopic (exact) mass is 270 g/mol. The molecular weight excluding hydrogens is 258 g/mol. The summed E-state index contributed by atoms with van der Waals surface area (Å²) >= 11 is 4.81. The lowest BCUT2D eigenvalue weighted by molar-refractivity contribution is -0.119. The molecule has 3 N–H and O–H groups in total. The minimum absolute atomic E-state index is 0.0634. The van der Waals surface area contributed by atoms with Crippen LogP contribution in [-0.2, 0) is 4.79 Å². The van der Waals surface area contributed by atoms with Gasteiger partial charge < -0.3 is 11.1 Å². The molecule has 1 aromatic rings. The molecule has 3 nitrogen and oxygen atoms in total. The Labute approximate surface area is 108 Å². The van der Waals surface area contributed by atoms with Gasteiger partial charge in [-0.1, -0.05) is 18.3 Å². The molecular formula is C12H12F2N2OS. The van der Waals surface area contributed by atoms with Gasteiger partial charge in [-0.15, -0.1) is 0 Å². The van der Waals surface area contributed by atoms with E-state index in [2.05, 4.69) is 5.32 Å². The summed E-state index contributed by atoms with van der Waals surface area (Å²) < 4.78 is 27.2. The SMILES string of the molecule is Cc1ccc(F)c(NC(=O)C2(C(N)=S)CC2)c1F. The third kappa shape index (κ3) is 1.96. The molecule has 2 rings (SSSR count). The molecule has 18 heavy (non-hydrogen) atoms. The van der Waals surface area contributed by atoms with Crippen molar-refractivity contribution in [2.75, 3.05) is 5.32 Å². The van der Waals surface area contributed by atoms with E-state index in [1.807, 2.05) is 0 Å². The molecule has 0 atom stereocenters. The molecule has 0 aromatic heterocycles. The zero-order chi connectivity index (χ0) is 13.5. The summed E-state index contributed by atoms with van der Waals surface area (Å²) in [5, 5.41) is 2.25. The zero-order valence-corrected chi connectivity index (χ0v) is 10.5. The van der Waals surface area contributed by atoms with Gasteiger partial charge in [0, 0.05) is 0 Å². The van der Waals surface area contributed by atoms with Gasteiger partial charge in [-0.2, -0.15) is 0 Å². The predicted molar refractivity (Wildman–Crippen MR) is 68.2 cm³/mol. The Morgan fingerprint density at radius 3 is 2.56 bits per heavy atom. The second-order valence-electron chi connectivity index (χ2n) is 4.45. The number of benzene rings is 1. The van der Waals surface area contributed by atoms with Gasteiger partial charge in [0.05, 0.1) is 10.4 Å². The maximum atomic E-state index is 13.7. The smallest absolute Gasteiger partial charge is 0.237 e. The molecule has 0 radical (unpaired) electrons. The molecule has 1 aliphatic rings. The summed E-state index contributed by atoms with van der Waals surface area (Å²) in [6, 6.07) is 2.41. The van der Waals surface area contributed by atoms with Crippen LogP contribution in [0.2, 0.25) is 0 Å². The summed E-state index contributed by atoms with van der Waals surface area (Å²) in [6.07, 6.45) is 1.03. The predicted octanol–water partition coefficient (Wildman–Crippen LogP) is 2.28. The standard InChI is InChI=1S/C12H12F2N2OS/c1-6-2-3-7(13)9(8(6)14)16-11(17)12(4-5-12)10(15)18/h2-3H,4-5H2,1H3,(H2,15,18)(H,16,17). The van der Waals surface area contributed by atoms with E-state index < -0.39 is 28.6 Å². The number of aryl methyl sites for hydroxylation is 1. The Hall–Kier alpha value is -1.56. The second kappa shape index (κ2) is 4.28. The first-order valence-electron chi connectivity index (χ1n) is 5.44. The molecule has 0 saturated heterocycles. The highest BCUT2D eigenvalue weighted by Crippen LogP contribution is 2.47. The van der Waals surface area contributed by atoms with Gasteiger partial charge in [0.2, 0.25) is 5.91 Å². The van der Waals surface area contributed by atoms with Crippen molar-refractivity contribution >= 4 is 28.8 Å². The van der Waals surface area contributed by atoms with Crippen molar-refractivity contribution in [3.05, 3.63) is 29.3 Å². The Morgan fingerprint density at radius 1 is 1.44 bits per heavy atom.